The van der Waals surface area contributed by atoms with Gasteiger partial charge < -0.3 is 5.11 Å². The first-order valence-electron chi connectivity index (χ1n) is 5.33. The average Bonchev–Trinajstić information content (AvgIpc) is 2.37. The van der Waals surface area contributed by atoms with Gasteiger partial charge in [-0.05, 0) is 29.8 Å². The van der Waals surface area contributed by atoms with E-state index in [4.69, 9.17) is 0 Å². The van der Waals surface area contributed by atoms with E-state index in [2.05, 4.69) is 4.98 Å². The molecule has 0 amide bonds. The van der Waals surface area contributed by atoms with Gasteiger partial charge in [0, 0.05) is 18.0 Å². The Hall–Kier alpha value is -1.95. The SMILES string of the molecule is OC(c1cccnc1)c1cc(F)cc(C(F)(F)F)c1. The molecule has 0 saturated carbocycles. The summed E-state index contributed by atoms with van der Waals surface area (Å²) in [6.07, 6.45) is -3.25. The van der Waals surface area contributed by atoms with Crippen LogP contribution in [0.1, 0.15) is 22.8 Å². The van der Waals surface area contributed by atoms with Crippen LogP contribution in [0, 0.1) is 5.82 Å². The first-order chi connectivity index (χ1) is 8.88. The van der Waals surface area contributed by atoms with Crippen LogP contribution in [-0.2, 0) is 6.18 Å². The first-order valence-corrected chi connectivity index (χ1v) is 5.33. The molecule has 1 N–H and O–H groups in total. The van der Waals surface area contributed by atoms with Gasteiger partial charge in [0.2, 0.25) is 0 Å². The molecule has 1 aromatic carbocycles. The highest BCUT2D eigenvalue weighted by molar-refractivity contribution is 5.33. The van der Waals surface area contributed by atoms with E-state index in [-0.39, 0.29) is 5.56 Å². The lowest BCUT2D eigenvalue weighted by molar-refractivity contribution is -0.137. The summed E-state index contributed by atoms with van der Waals surface area (Å²) in [7, 11) is 0. The van der Waals surface area contributed by atoms with Crippen molar-refractivity contribution in [2.75, 3.05) is 0 Å². The summed E-state index contributed by atoms with van der Waals surface area (Å²) < 4.78 is 50.9. The molecule has 0 bridgehead atoms. The minimum Gasteiger partial charge on any atom is -0.384 e. The van der Waals surface area contributed by atoms with Crippen LogP contribution in [-0.4, -0.2) is 10.1 Å². The van der Waals surface area contributed by atoms with Crippen LogP contribution < -0.4 is 0 Å². The van der Waals surface area contributed by atoms with Crippen molar-refractivity contribution in [1.29, 1.82) is 0 Å². The van der Waals surface area contributed by atoms with Gasteiger partial charge in [-0.1, -0.05) is 6.07 Å². The maximum absolute atomic E-state index is 13.2. The summed E-state index contributed by atoms with van der Waals surface area (Å²) in [6.45, 7) is 0. The lowest BCUT2D eigenvalue weighted by atomic mass is 10.0. The molecule has 2 aromatic rings. The Morgan fingerprint density at radius 2 is 1.84 bits per heavy atom. The van der Waals surface area contributed by atoms with Gasteiger partial charge in [-0.2, -0.15) is 13.2 Å². The van der Waals surface area contributed by atoms with Gasteiger partial charge in [-0.25, -0.2) is 4.39 Å². The third-order valence-corrected chi connectivity index (χ3v) is 2.56. The van der Waals surface area contributed by atoms with Crippen molar-refractivity contribution in [2.24, 2.45) is 0 Å². The molecule has 1 unspecified atom stereocenters. The third kappa shape index (κ3) is 3.08. The fourth-order valence-electron chi connectivity index (χ4n) is 1.66. The zero-order chi connectivity index (χ0) is 14.0. The Morgan fingerprint density at radius 3 is 2.42 bits per heavy atom. The lowest BCUT2D eigenvalue weighted by Crippen LogP contribution is -2.08. The van der Waals surface area contributed by atoms with E-state index >= 15 is 0 Å². The van der Waals surface area contributed by atoms with Gasteiger partial charge in [0.1, 0.15) is 11.9 Å². The number of hydrogen-bond acceptors (Lipinski definition) is 2. The standard InChI is InChI=1S/C13H9F4NO/c14-11-5-9(4-10(6-11)13(15,16)17)12(19)8-2-1-3-18-7-8/h1-7,12,19H. The van der Waals surface area contributed by atoms with E-state index in [1.165, 1.54) is 24.5 Å². The molecule has 0 aliphatic heterocycles. The van der Waals surface area contributed by atoms with Crippen LogP contribution >= 0.6 is 0 Å². The zero-order valence-corrected chi connectivity index (χ0v) is 9.53. The maximum atomic E-state index is 13.2. The number of aliphatic hydroxyl groups is 1. The smallest absolute Gasteiger partial charge is 0.384 e. The predicted octanol–water partition coefficient (Wildman–Crippen LogP) is 3.32. The van der Waals surface area contributed by atoms with Gasteiger partial charge in [-0.15, -0.1) is 0 Å². The molecule has 2 nitrogen and oxygen atoms in total. The molecule has 0 saturated heterocycles. The number of aromatic nitrogens is 1. The van der Waals surface area contributed by atoms with E-state index in [0.29, 0.717) is 11.6 Å². The second-order valence-corrected chi connectivity index (χ2v) is 3.96. The van der Waals surface area contributed by atoms with Crippen molar-refractivity contribution in [3.63, 3.8) is 0 Å². The summed E-state index contributed by atoms with van der Waals surface area (Å²) in [4.78, 5) is 3.75. The van der Waals surface area contributed by atoms with E-state index in [0.717, 1.165) is 12.1 Å². The van der Waals surface area contributed by atoms with Crippen molar-refractivity contribution in [3.8, 4) is 0 Å². The lowest BCUT2D eigenvalue weighted by Gasteiger charge is -2.14. The van der Waals surface area contributed by atoms with E-state index in [9.17, 15) is 22.7 Å². The van der Waals surface area contributed by atoms with Crippen LogP contribution in [0.3, 0.4) is 0 Å². The van der Waals surface area contributed by atoms with Gasteiger partial charge in [-0.3, -0.25) is 4.98 Å². The van der Waals surface area contributed by atoms with E-state index < -0.39 is 23.7 Å². The Kier molecular flexibility index (Phi) is 3.53. The van der Waals surface area contributed by atoms with Crippen molar-refractivity contribution in [3.05, 3.63) is 65.2 Å². The van der Waals surface area contributed by atoms with E-state index in [1.54, 1.807) is 0 Å². The highest BCUT2D eigenvalue weighted by Gasteiger charge is 2.32. The molecule has 0 spiro atoms. The van der Waals surface area contributed by atoms with Crippen LogP contribution in [0.25, 0.3) is 0 Å². The van der Waals surface area contributed by atoms with Gasteiger partial charge in [0.25, 0.3) is 0 Å². The quantitative estimate of drug-likeness (QED) is 0.850. The van der Waals surface area contributed by atoms with Crippen LogP contribution in [0.2, 0.25) is 0 Å². The first kappa shape index (κ1) is 13.5. The zero-order valence-electron chi connectivity index (χ0n) is 9.53. The molecule has 19 heavy (non-hydrogen) atoms. The minimum absolute atomic E-state index is 0.166. The Bertz CT molecular complexity index is 569. The molecule has 2 rings (SSSR count). The van der Waals surface area contributed by atoms with E-state index in [1.807, 2.05) is 0 Å². The second-order valence-electron chi connectivity index (χ2n) is 3.96. The molecular formula is C13H9F4NO. The molecule has 0 aliphatic carbocycles. The fraction of sp³-hybridized carbons (Fsp3) is 0.154. The van der Waals surface area contributed by atoms with Crippen LogP contribution in [0.4, 0.5) is 17.6 Å². The summed E-state index contributed by atoms with van der Waals surface area (Å²) in [6, 6.07) is 5.01. The van der Waals surface area contributed by atoms with Gasteiger partial charge >= 0.3 is 6.18 Å². The monoisotopic (exact) mass is 271 g/mol. The number of rotatable bonds is 2. The number of hydrogen-bond donors (Lipinski definition) is 1. The van der Waals surface area contributed by atoms with Gasteiger partial charge in [0.15, 0.2) is 0 Å². The second kappa shape index (κ2) is 4.97. The number of aliphatic hydroxyl groups excluding tert-OH is 1. The third-order valence-electron chi connectivity index (χ3n) is 2.56. The number of benzene rings is 1. The molecule has 1 atom stereocenters. The largest absolute Gasteiger partial charge is 0.416 e. The Labute approximate surface area is 106 Å². The van der Waals surface area contributed by atoms with Crippen LogP contribution in [0.15, 0.2) is 42.7 Å². The average molecular weight is 271 g/mol. The molecule has 6 heteroatoms. The summed E-state index contributed by atoms with van der Waals surface area (Å²) in [5.41, 5.74) is -1.01. The summed E-state index contributed by atoms with van der Waals surface area (Å²) in [5.74, 6) is -1.05. The predicted molar refractivity (Wildman–Crippen MR) is 59.7 cm³/mol. The topological polar surface area (TPSA) is 33.1 Å². The number of halogens is 4. The fourth-order valence-corrected chi connectivity index (χ4v) is 1.66. The molecule has 0 aliphatic rings. The molecular weight excluding hydrogens is 262 g/mol. The normalized spacial score (nSPS) is 13.3. The Balaban J connectivity index is 2.43. The highest BCUT2D eigenvalue weighted by Crippen LogP contribution is 2.32. The van der Waals surface area contributed by atoms with Crippen molar-refractivity contribution in [1.82, 2.24) is 4.98 Å². The van der Waals surface area contributed by atoms with Crippen molar-refractivity contribution >= 4 is 0 Å². The highest BCUT2D eigenvalue weighted by atomic mass is 19.4. The molecule has 1 heterocycles. The van der Waals surface area contributed by atoms with Crippen molar-refractivity contribution in [2.45, 2.75) is 12.3 Å². The number of nitrogens with zero attached hydrogens (tertiary/aromatic N) is 1. The molecule has 0 fully saturated rings. The molecule has 0 radical (unpaired) electrons. The van der Waals surface area contributed by atoms with Crippen LogP contribution in [0.5, 0.6) is 0 Å². The summed E-state index contributed by atoms with van der Waals surface area (Å²) in [5, 5.41) is 9.93. The van der Waals surface area contributed by atoms with Gasteiger partial charge in [0.05, 0.1) is 5.56 Å². The maximum Gasteiger partial charge on any atom is 0.416 e. The summed E-state index contributed by atoms with van der Waals surface area (Å²) >= 11 is 0. The minimum atomic E-state index is -4.66. The molecule has 1 aromatic heterocycles. The number of pyridine rings is 1. The number of alkyl halides is 3. The molecule has 100 valence electrons. The van der Waals surface area contributed by atoms with Crippen molar-refractivity contribution < 1.29 is 22.7 Å². The Morgan fingerprint density at radius 1 is 1.11 bits per heavy atom.